The van der Waals surface area contributed by atoms with Crippen LogP contribution in [0.15, 0.2) is 61.2 Å². The van der Waals surface area contributed by atoms with E-state index in [0.717, 1.165) is 35.9 Å². The molecule has 1 saturated carbocycles. The molecule has 5 heteroatoms. The van der Waals surface area contributed by atoms with Gasteiger partial charge in [0.25, 0.3) is 0 Å². The van der Waals surface area contributed by atoms with Crippen molar-refractivity contribution in [3.63, 3.8) is 0 Å². The van der Waals surface area contributed by atoms with Crippen LogP contribution in [0.4, 0.5) is 0 Å². The molecule has 3 aromatic heterocycles. The molecule has 4 rings (SSSR count). The molecule has 1 aliphatic carbocycles. The number of pyridine rings is 2. The predicted octanol–water partition coefficient (Wildman–Crippen LogP) is 3.10. The molecule has 1 fully saturated rings. The Balaban J connectivity index is 1.52. The van der Waals surface area contributed by atoms with E-state index in [1.54, 1.807) is 12.4 Å². The third-order valence-corrected chi connectivity index (χ3v) is 4.15. The van der Waals surface area contributed by atoms with Crippen LogP contribution in [0.1, 0.15) is 24.2 Å². The van der Waals surface area contributed by atoms with Crippen molar-refractivity contribution < 1.29 is 0 Å². The molecule has 3 heterocycles. The first-order valence-electron chi connectivity index (χ1n) is 8.25. The Bertz CT molecular complexity index is 787. The van der Waals surface area contributed by atoms with Gasteiger partial charge < -0.3 is 0 Å². The summed E-state index contributed by atoms with van der Waals surface area (Å²) >= 11 is 0. The first-order valence-corrected chi connectivity index (χ1v) is 8.25. The van der Waals surface area contributed by atoms with E-state index in [9.17, 15) is 0 Å². The Morgan fingerprint density at radius 2 is 1.79 bits per heavy atom. The lowest BCUT2D eigenvalue weighted by atomic mass is 10.2. The molecule has 0 atom stereocenters. The van der Waals surface area contributed by atoms with Gasteiger partial charge in [-0.05, 0) is 43.2 Å². The van der Waals surface area contributed by atoms with E-state index in [4.69, 9.17) is 4.98 Å². The number of hydrogen-bond donors (Lipinski definition) is 0. The van der Waals surface area contributed by atoms with E-state index >= 15 is 0 Å². The predicted molar refractivity (Wildman–Crippen MR) is 91.8 cm³/mol. The van der Waals surface area contributed by atoms with Crippen LogP contribution in [0.3, 0.4) is 0 Å². The van der Waals surface area contributed by atoms with Gasteiger partial charge in [0.15, 0.2) is 5.82 Å². The van der Waals surface area contributed by atoms with Gasteiger partial charge in [-0.25, -0.2) is 9.97 Å². The van der Waals surface area contributed by atoms with Crippen LogP contribution in [0.2, 0.25) is 0 Å². The minimum absolute atomic E-state index is 0.642. The van der Waals surface area contributed by atoms with Crippen LogP contribution in [-0.4, -0.2) is 30.9 Å². The maximum Gasteiger partial charge on any atom is 0.160 e. The van der Waals surface area contributed by atoms with Crippen molar-refractivity contribution in [2.24, 2.45) is 0 Å². The molecule has 5 nitrogen and oxygen atoms in total. The molecule has 0 aliphatic heterocycles. The Kier molecular flexibility index (Phi) is 4.25. The Morgan fingerprint density at radius 3 is 2.54 bits per heavy atom. The van der Waals surface area contributed by atoms with Crippen LogP contribution >= 0.6 is 0 Å². The maximum absolute atomic E-state index is 4.72. The zero-order valence-corrected chi connectivity index (χ0v) is 13.4. The lowest BCUT2D eigenvalue weighted by molar-refractivity contribution is 0.240. The molecule has 0 N–H and O–H groups in total. The highest BCUT2D eigenvalue weighted by Crippen LogP contribution is 2.29. The number of nitrogens with zero attached hydrogens (tertiary/aromatic N) is 5. The summed E-state index contributed by atoms with van der Waals surface area (Å²) in [5.74, 6) is 0.731. The number of aromatic nitrogens is 4. The quantitative estimate of drug-likeness (QED) is 0.699. The first-order chi connectivity index (χ1) is 11.9. The second-order valence-corrected chi connectivity index (χ2v) is 6.07. The summed E-state index contributed by atoms with van der Waals surface area (Å²) in [6, 6.07) is 12.6. The van der Waals surface area contributed by atoms with Crippen molar-refractivity contribution in [2.75, 3.05) is 0 Å². The molecule has 0 unspecified atom stereocenters. The maximum atomic E-state index is 4.72. The highest BCUT2D eigenvalue weighted by molar-refractivity contribution is 5.52. The van der Waals surface area contributed by atoms with E-state index in [1.807, 2.05) is 42.7 Å². The van der Waals surface area contributed by atoms with Crippen LogP contribution in [0.5, 0.6) is 0 Å². The minimum Gasteiger partial charge on any atom is -0.289 e. The van der Waals surface area contributed by atoms with Gasteiger partial charge in [-0.1, -0.05) is 6.07 Å². The van der Waals surface area contributed by atoms with Crippen LogP contribution in [0.25, 0.3) is 11.4 Å². The molecular weight excluding hydrogens is 298 g/mol. The molecule has 0 saturated heterocycles. The summed E-state index contributed by atoms with van der Waals surface area (Å²) in [5, 5.41) is 0. The lowest BCUT2D eigenvalue weighted by Crippen LogP contribution is -2.26. The fraction of sp³-hybridized carbons (Fsp3) is 0.263. The first kappa shape index (κ1) is 14.9. The monoisotopic (exact) mass is 317 g/mol. The zero-order valence-electron chi connectivity index (χ0n) is 13.4. The largest absolute Gasteiger partial charge is 0.289 e. The standard InChI is InChI=1S/C19H19N5/c1-2-10-21-16(5-1)13-24(18-6-7-18)14-17-8-11-22-19(23-17)15-4-3-9-20-12-15/h1-5,8-12,18H,6-7,13-14H2. The second-order valence-electron chi connectivity index (χ2n) is 6.07. The van der Waals surface area contributed by atoms with Gasteiger partial charge in [-0.3, -0.25) is 14.9 Å². The van der Waals surface area contributed by atoms with E-state index in [-0.39, 0.29) is 0 Å². The molecule has 3 aromatic rings. The Morgan fingerprint density at radius 1 is 0.875 bits per heavy atom. The summed E-state index contributed by atoms with van der Waals surface area (Å²) in [6.07, 6.45) is 9.75. The van der Waals surface area contributed by atoms with E-state index in [2.05, 4.69) is 25.9 Å². The third-order valence-electron chi connectivity index (χ3n) is 4.15. The summed E-state index contributed by atoms with van der Waals surface area (Å²) in [7, 11) is 0. The van der Waals surface area contributed by atoms with Crippen molar-refractivity contribution in [3.05, 3.63) is 72.6 Å². The third kappa shape index (κ3) is 3.63. The van der Waals surface area contributed by atoms with Crippen molar-refractivity contribution in [1.29, 1.82) is 0 Å². The zero-order chi connectivity index (χ0) is 16.2. The molecule has 24 heavy (non-hydrogen) atoms. The minimum atomic E-state index is 0.642. The van der Waals surface area contributed by atoms with Crippen molar-refractivity contribution in [2.45, 2.75) is 32.0 Å². The lowest BCUT2D eigenvalue weighted by Gasteiger charge is -2.21. The van der Waals surface area contributed by atoms with Gasteiger partial charge in [0.2, 0.25) is 0 Å². The van der Waals surface area contributed by atoms with Gasteiger partial charge in [0, 0.05) is 49.5 Å². The molecule has 0 amide bonds. The second kappa shape index (κ2) is 6.84. The normalized spacial score (nSPS) is 14.0. The number of rotatable bonds is 6. The highest BCUT2D eigenvalue weighted by atomic mass is 15.2. The van der Waals surface area contributed by atoms with Gasteiger partial charge in [0.05, 0.1) is 11.4 Å². The summed E-state index contributed by atoms with van der Waals surface area (Å²) in [4.78, 5) is 20.2. The molecule has 1 aliphatic rings. The van der Waals surface area contributed by atoms with Gasteiger partial charge >= 0.3 is 0 Å². The van der Waals surface area contributed by atoms with Crippen molar-refractivity contribution in [3.8, 4) is 11.4 Å². The van der Waals surface area contributed by atoms with Gasteiger partial charge in [-0.2, -0.15) is 0 Å². The molecule has 0 radical (unpaired) electrons. The molecule has 0 spiro atoms. The topological polar surface area (TPSA) is 54.8 Å². The summed E-state index contributed by atoms with van der Waals surface area (Å²) in [6.45, 7) is 1.68. The van der Waals surface area contributed by atoms with E-state index in [1.165, 1.54) is 12.8 Å². The van der Waals surface area contributed by atoms with Crippen LogP contribution < -0.4 is 0 Å². The number of hydrogen-bond acceptors (Lipinski definition) is 5. The smallest absolute Gasteiger partial charge is 0.160 e. The van der Waals surface area contributed by atoms with Gasteiger partial charge in [0.1, 0.15) is 0 Å². The fourth-order valence-corrected chi connectivity index (χ4v) is 2.78. The Labute approximate surface area is 141 Å². The van der Waals surface area contributed by atoms with Gasteiger partial charge in [-0.15, -0.1) is 0 Å². The SMILES string of the molecule is c1ccc(CN(Cc2ccnc(-c3cccnc3)n2)C2CC2)nc1. The van der Waals surface area contributed by atoms with Crippen LogP contribution in [0, 0.1) is 0 Å². The average molecular weight is 317 g/mol. The highest BCUT2D eigenvalue weighted by Gasteiger charge is 2.29. The van der Waals surface area contributed by atoms with Crippen LogP contribution in [-0.2, 0) is 13.1 Å². The Hall–Kier alpha value is -2.66. The van der Waals surface area contributed by atoms with E-state index < -0.39 is 0 Å². The molecule has 0 bridgehead atoms. The van der Waals surface area contributed by atoms with Crippen molar-refractivity contribution >= 4 is 0 Å². The molecular formula is C19H19N5. The van der Waals surface area contributed by atoms with E-state index in [0.29, 0.717) is 6.04 Å². The molecule has 0 aromatic carbocycles. The average Bonchev–Trinajstić information content (AvgIpc) is 3.48. The molecule has 120 valence electrons. The van der Waals surface area contributed by atoms with Crippen molar-refractivity contribution in [1.82, 2.24) is 24.8 Å². The fourth-order valence-electron chi connectivity index (χ4n) is 2.78. The summed E-state index contributed by atoms with van der Waals surface area (Å²) in [5.41, 5.74) is 3.08. The summed E-state index contributed by atoms with van der Waals surface area (Å²) < 4.78 is 0.